The molecule has 7 fully saturated rings. The molecule has 0 amide bonds. The molecule has 5 aliphatic carbocycles. The van der Waals surface area contributed by atoms with Crippen molar-refractivity contribution in [3.63, 3.8) is 0 Å². The Morgan fingerprint density at radius 1 is 0.539 bits per heavy atom. The van der Waals surface area contributed by atoms with Crippen molar-refractivity contribution in [1.29, 1.82) is 26.3 Å². The highest BCUT2D eigenvalue weighted by Crippen LogP contribution is 2.50. The number of anilines is 3. The fourth-order valence-corrected chi connectivity index (χ4v) is 18.7. The molecule has 19 rings (SSSR count). The lowest BCUT2D eigenvalue weighted by Crippen LogP contribution is -2.46. The molecule has 0 bridgehead atoms. The molecule has 672 valence electrons. The third-order valence-corrected chi connectivity index (χ3v) is 26.7. The first kappa shape index (κ1) is 101. The molecule has 0 unspecified atom stereocenters. The van der Waals surface area contributed by atoms with Gasteiger partial charge in [-0.3, -0.25) is 33.3 Å². The number of fused-ring (bicyclic) bond motifs is 3. The Morgan fingerprint density at radius 3 is 1.33 bits per heavy atom. The number of nitrogens with one attached hydrogen (secondary N) is 2. The summed E-state index contributed by atoms with van der Waals surface area (Å²) in [6.07, 6.45) is 35.6. The van der Waals surface area contributed by atoms with Gasteiger partial charge in [0.2, 0.25) is 16.5 Å². The number of nitriles is 5. The zero-order valence-electron chi connectivity index (χ0n) is 74.4. The first-order valence-electron chi connectivity index (χ1n) is 41.7. The number of Topliss-reactive ketones (excluding diaryl/α,β-unsaturated/α-hetero) is 1. The van der Waals surface area contributed by atoms with E-state index >= 15 is 0 Å². The van der Waals surface area contributed by atoms with Crippen molar-refractivity contribution < 1.29 is 23.4 Å². The molecule has 14 heterocycles. The normalized spacial score (nSPS) is 21.8. The maximum atomic E-state index is 10.1. The number of H-pyrrole nitrogens is 1. The SMILES string of the molecule is BrB(Br)Br.CC1(C)OB(c2cn[nH]c2)OC1(C)C.CC1CC(=CC#N)C1.CC1CC(=O)C1.CC1CC(CC#N)(n2cc(-c3nc(Cl)nc4ccsc34)cn2)C1.CC1CC(CC#N)(n2cc(-c3nc(Nc4cnn(C)c4)nc4ccsc34)cn2)C1.CC1CC(CC#N)(n2cc(B3OC(C)(C)C(C)(C)O3)cn2)C1.CCC#N.Clc1nc(Cl)c2sccc2n1.Cn1cc(N)cn1. The summed E-state index contributed by atoms with van der Waals surface area (Å²) in [4.78, 5) is 35.9. The van der Waals surface area contributed by atoms with Gasteiger partial charge in [0.25, 0.3) is 0 Å². The number of carbonyl (C=O) groups excluding carboxylic acids is 1. The van der Waals surface area contributed by atoms with Gasteiger partial charge < -0.3 is 29.7 Å². The van der Waals surface area contributed by atoms with E-state index in [4.69, 9.17) is 85.2 Å². The van der Waals surface area contributed by atoms with Crippen LogP contribution in [0.1, 0.15) is 187 Å². The van der Waals surface area contributed by atoms with E-state index in [9.17, 15) is 10.1 Å². The number of nitrogens with zero attached hydrogens (tertiary/aromatic N) is 22. The Kier molecular flexibility index (Phi) is 35.1. The predicted molar refractivity (Wildman–Crippen MR) is 520 cm³/mol. The summed E-state index contributed by atoms with van der Waals surface area (Å²) in [5.74, 6) is 4.38. The Balaban J connectivity index is 0.000000157. The maximum Gasteiger partial charge on any atom is 0.498 e. The Morgan fingerprint density at radius 2 is 0.953 bits per heavy atom. The van der Waals surface area contributed by atoms with Crippen molar-refractivity contribution in [3.05, 3.63) is 136 Å². The quantitative estimate of drug-likeness (QED) is 0.0442. The smallest absolute Gasteiger partial charge is 0.399 e. The maximum absolute atomic E-state index is 10.1. The monoisotopic (exact) mass is 2040 g/mol. The molecule has 128 heavy (non-hydrogen) atoms. The molecule has 0 spiro atoms. The van der Waals surface area contributed by atoms with Crippen LogP contribution in [0.5, 0.6) is 0 Å². The molecule has 0 aromatic carbocycles. The van der Waals surface area contributed by atoms with Gasteiger partial charge in [-0.25, -0.2) is 29.9 Å². The van der Waals surface area contributed by atoms with E-state index in [2.05, 4.69) is 166 Å². The van der Waals surface area contributed by atoms with Gasteiger partial charge in [0.15, 0.2) is 5.15 Å². The molecule has 12 aromatic heterocycles. The third kappa shape index (κ3) is 25.9. The minimum atomic E-state index is -0.393. The van der Waals surface area contributed by atoms with Gasteiger partial charge in [-0.2, -0.15) is 56.9 Å². The molecule has 4 N–H and O–H groups in total. The fraction of sp³-hybridized carbons (Fsp3) is 0.488. The van der Waals surface area contributed by atoms with Crippen LogP contribution in [0.3, 0.4) is 0 Å². The van der Waals surface area contributed by atoms with Crippen molar-refractivity contribution in [3.8, 4) is 52.9 Å². The number of hydrogen-bond donors (Lipinski definition) is 3. The summed E-state index contributed by atoms with van der Waals surface area (Å²) in [5, 5.41) is 81.7. The molecular weight excluding hydrogens is 1940 g/mol. The van der Waals surface area contributed by atoms with Crippen molar-refractivity contribution >= 4 is 198 Å². The predicted octanol–water partition coefficient (Wildman–Crippen LogP) is 20.2. The number of allylic oxidation sites excluding steroid dienone is 2. The highest BCUT2D eigenvalue weighted by molar-refractivity contribution is 9.69. The van der Waals surface area contributed by atoms with E-state index in [-0.39, 0.29) is 59.9 Å². The Bertz CT molecular complexity index is 5910. The van der Waals surface area contributed by atoms with Crippen LogP contribution in [-0.2, 0) is 54.1 Å². The number of nitrogens with two attached hydrogens (primary N) is 1. The van der Waals surface area contributed by atoms with Crippen LogP contribution in [0.25, 0.3) is 53.2 Å². The van der Waals surface area contributed by atoms with Gasteiger partial charge in [-0.05, 0) is 194 Å². The highest BCUT2D eigenvalue weighted by Gasteiger charge is 2.54. The average Bonchev–Trinajstić information content (AvgIpc) is 1.58. The van der Waals surface area contributed by atoms with Gasteiger partial charge >= 0.3 is 17.4 Å². The molecule has 12 aromatic rings. The minimum Gasteiger partial charge on any atom is -0.399 e. The zero-order valence-corrected chi connectivity index (χ0v) is 83.9. The van der Waals surface area contributed by atoms with Crippen molar-refractivity contribution in [2.45, 2.75) is 226 Å². The molecule has 5 saturated carbocycles. The lowest BCUT2D eigenvalue weighted by atomic mass is 9.67. The fourth-order valence-electron chi connectivity index (χ4n) is 15.6. The summed E-state index contributed by atoms with van der Waals surface area (Å²) >= 11 is 31.4. The number of aromatic amines is 1. The molecule has 30 nitrogen and oxygen atoms in total. The van der Waals surface area contributed by atoms with Gasteiger partial charge in [0.05, 0.1) is 167 Å². The molecule has 7 aliphatic rings. The Labute approximate surface area is 799 Å². The van der Waals surface area contributed by atoms with Crippen LogP contribution in [-0.4, -0.2) is 135 Å². The second-order valence-corrected chi connectivity index (χ2v) is 45.4. The summed E-state index contributed by atoms with van der Waals surface area (Å²) in [7, 11) is 3.00. The number of thiophene rings is 3. The van der Waals surface area contributed by atoms with E-state index in [0.717, 1.165) is 140 Å². The standard InChI is InChI=1S/C20H20N8S.C16H24BN3O2.C16H14ClN5S.C9H15BN2O2.C7H9N.C6H2Cl2N2S.C5H8O.C4H7N3.C3H5N.BBr3/c1-13-7-20(8-13,4-5-21)28-11-14(9-23-28)17-18-16(3-6-29-18)25-19(26-17)24-15-10-22-27(2)12-15;1-12-8-16(9-12,6-7-18)20-11-13(10-19-20)17-21-14(2,3)15(4,5)22-17;1-10-6-16(7-10,3-4-18)22-9-11(8-19-22)13-14-12(2-5-23-14)20-15(17)21-13;1-8(2)9(3,4)14-10(13-8)7-5-11-12-6-7;1-6-4-7(5-6)2-3-8;7-5-4-3(1-2-11-4)9-6(8)10-5;1-4-2-5(6)3-4;1-7-3-4(5)2-6-7;1-2-3-4;2-1(3)4/h3,6,9-13H,4,7-8H2,1-2H3,(H,24,25,26);10-12H,6,8-9H2,1-5H3;2,5,8-10H,3,6-7H2,1H3;5-6H,1-4H3,(H,11,12);2,6H,4-5H2,1H3;1-2H;4H,2-3H2,1H3;2-3H,5H2,1H3;2H2,1H3;. The number of rotatable bonds is 12. The number of nitrogen functional groups attached to an aromatic ring is 1. The number of hydrogen-bond acceptors (Lipinski definition) is 27. The van der Waals surface area contributed by atoms with Crippen molar-refractivity contribution in [2.75, 3.05) is 11.1 Å². The second-order valence-electron chi connectivity index (χ2n) is 35.1. The molecule has 0 radical (unpaired) electrons. The van der Waals surface area contributed by atoms with Crippen LogP contribution < -0.4 is 22.0 Å². The minimum absolute atomic E-state index is 0.143. The van der Waals surface area contributed by atoms with E-state index in [0.29, 0.717) is 71.9 Å². The lowest BCUT2D eigenvalue weighted by molar-refractivity contribution is -0.126. The van der Waals surface area contributed by atoms with Crippen molar-refractivity contribution in [2.24, 2.45) is 43.7 Å². The van der Waals surface area contributed by atoms with Crippen LogP contribution >= 0.6 is 116 Å². The van der Waals surface area contributed by atoms with Crippen LogP contribution in [0.15, 0.2) is 120 Å². The summed E-state index contributed by atoms with van der Waals surface area (Å²) in [6, 6.07) is 16.7. The third-order valence-electron chi connectivity index (χ3n) is 23.2. The number of carbonyl (C=O) groups is 1. The largest absolute Gasteiger partial charge is 0.498 e. The molecule has 2 aliphatic heterocycles. The van der Waals surface area contributed by atoms with Crippen LogP contribution in [0.2, 0.25) is 15.7 Å². The zero-order chi connectivity index (χ0) is 93.3. The first-order chi connectivity index (χ1) is 60.6. The number of aromatic nitrogens is 18. The van der Waals surface area contributed by atoms with Gasteiger partial charge in [-0.1, -0.05) is 58.7 Å². The van der Waals surface area contributed by atoms with Gasteiger partial charge in [0.1, 0.15) is 5.78 Å². The molecule has 42 heteroatoms. The topological polar surface area (TPSA) is 406 Å². The first-order valence-corrected chi connectivity index (χ1v) is 48.2. The molecular formula is C86H104B3Br3Cl3N25O5S3. The Hall–Kier alpha value is -8.82. The highest BCUT2D eigenvalue weighted by atomic mass is 79.9. The summed E-state index contributed by atoms with van der Waals surface area (Å²) < 4.78 is 36.2. The number of ketones is 1. The van der Waals surface area contributed by atoms with Crippen LogP contribution in [0.4, 0.5) is 17.3 Å². The van der Waals surface area contributed by atoms with Crippen LogP contribution in [0, 0.1) is 86.2 Å². The number of halogens is 6. The van der Waals surface area contributed by atoms with Gasteiger partial charge in [-0.15, -0.1) is 81.3 Å². The van der Waals surface area contributed by atoms with Crippen molar-refractivity contribution in [1.82, 2.24) is 89.0 Å². The average molecular weight is 2040 g/mol. The van der Waals surface area contributed by atoms with E-state index in [1.54, 1.807) is 75.3 Å². The van der Waals surface area contributed by atoms with E-state index < -0.39 is 7.12 Å². The summed E-state index contributed by atoms with van der Waals surface area (Å²) in [5.41, 5.74) is 14.3. The molecule has 2 saturated heterocycles. The van der Waals surface area contributed by atoms with E-state index in [1.807, 2.05) is 174 Å². The lowest BCUT2D eigenvalue weighted by Gasteiger charge is -2.45. The second kappa shape index (κ2) is 44.4. The summed E-state index contributed by atoms with van der Waals surface area (Å²) in [6.45, 7) is 29.1. The van der Waals surface area contributed by atoms with Gasteiger partial charge in [0, 0.05) is 111 Å². The number of aryl methyl sites for hydroxylation is 2. The molecule has 0 atom stereocenters. The van der Waals surface area contributed by atoms with E-state index in [1.165, 1.54) is 16.9 Å².